The van der Waals surface area contributed by atoms with Crippen LogP contribution in [0.5, 0.6) is 0 Å². The van der Waals surface area contributed by atoms with Crippen molar-refractivity contribution in [3.8, 4) is 0 Å². The minimum absolute atomic E-state index is 0.0665. The first kappa shape index (κ1) is 11.8. The van der Waals surface area contributed by atoms with Crippen LogP contribution in [0, 0.1) is 11.8 Å². The van der Waals surface area contributed by atoms with Crippen LogP contribution in [0.15, 0.2) is 12.4 Å². The summed E-state index contributed by atoms with van der Waals surface area (Å²) >= 11 is 0. The number of amides is 1. The second-order valence-electron chi connectivity index (χ2n) is 4.99. The second-order valence-corrected chi connectivity index (χ2v) is 4.99. The van der Waals surface area contributed by atoms with E-state index in [1.165, 1.54) is 18.8 Å². The quantitative estimate of drug-likeness (QED) is 0.792. The van der Waals surface area contributed by atoms with Crippen LogP contribution in [0.4, 0.5) is 5.82 Å². The zero-order valence-corrected chi connectivity index (χ0v) is 10.3. The summed E-state index contributed by atoms with van der Waals surface area (Å²) < 4.78 is 0. The largest absolute Gasteiger partial charge is 0.382 e. The molecular weight excluding hydrogens is 216 g/mol. The molecule has 2 heterocycles. The Labute approximate surface area is 101 Å². The summed E-state index contributed by atoms with van der Waals surface area (Å²) in [5, 5.41) is 0. The smallest absolute Gasteiger partial charge is 0.274 e. The van der Waals surface area contributed by atoms with Crippen LogP contribution in [0.2, 0.25) is 0 Å². The Morgan fingerprint density at radius 2 is 2.00 bits per heavy atom. The van der Waals surface area contributed by atoms with E-state index in [4.69, 9.17) is 5.73 Å². The fourth-order valence-electron chi connectivity index (χ4n) is 2.47. The molecule has 1 amide bonds. The summed E-state index contributed by atoms with van der Waals surface area (Å²) in [7, 11) is 0. The van der Waals surface area contributed by atoms with Crippen molar-refractivity contribution in [2.75, 3.05) is 18.8 Å². The van der Waals surface area contributed by atoms with E-state index in [1.807, 2.05) is 4.90 Å². The summed E-state index contributed by atoms with van der Waals surface area (Å²) in [6, 6.07) is 0. The maximum absolute atomic E-state index is 12.2. The highest BCUT2D eigenvalue weighted by molar-refractivity contribution is 5.92. The third-order valence-electron chi connectivity index (χ3n) is 3.03. The van der Waals surface area contributed by atoms with Crippen LogP contribution in [0.25, 0.3) is 0 Å². The minimum Gasteiger partial charge on any atom is -0.382 e. The summed E-state index contributed by atoms with van der Waals surface area (Å²) in [5.41, 5.74) is 5.88. The number of carbonyl (C=O) groups is 1. The van der Waals surface area contributed by atoms with Crippen molar-refractivity contribution in [1.29, 1.82) is 0 Å². The van der Waals surface area contributed by atoms with E-state index in [-0.39, 0.29) is 11.7 Å². The maximum Gasteiger partial charge on any atom is 0.274 e. The third-order valence-corrected chi connectivity index (χ3v) is 3.03. The van der Waals surface area contributed by atoms with Crippen LogP contribution in [0.1, 0.15) is 30.8 Å². The maximum atomic E-state index is 12.2. The molecule has 2 unspecified atom stereocenters. The van der Waals surface area contributed by atoms with Crippen LogP contribution in [-0.2, 0) is 0 Å². The zero-order valence-electron chi connectivity index (χ0n) is 10.3. The number of nitrogens with zero attached hydrogens (tertiary/aromatic N) is 3. The summed E-state index contributed by atoms with van der Waals surface area (Å²) in [6.07, 6.45) is 4.09. The van der Waals surface area contributed by atoms with Crippen LogP contribution >= 0.6 is 0 Å². The van der Waals surface area contributed by atoms with E-state index in [0.717, 1.165) is 13.1 Å². The van der Waals surface area contributed by atoms with Crippen LogP contribution in [0.3, 0.4) is 0 Å². The number of anilines is 1. The molecule has 0 saturated carbocycles. The van der Waals surface area contributed by atoms with Gasteiger partial charge in [0.05, 0.1) is 12.4 Å². The average molecular weight is 234 g/mol. The lowest BCUT2D eigenvalue weighted by atomic mass is 9.92. The second kappa shape index (κ2) is 4.69. The Bertz CT molecular complexity index is 411. The number of carbonyl (C=O) groups excluding carboxylic acids is 1. The van der Waals surface area contributed by atoms with Gasteiger partial charge < -0.3 is 10.6 Å². The Morgan fingerprint density at radius 3 is 2.59 bits per heavy atom. The van der Waals surface area contributed by atoms with E-state index in [9.17, 15) is 4.79 Å². The highest BCUT2D eigenvalue weighted by atomic mass is 16.2. The number of nitrogens with two attached hydrogens (primary N) is 1. The molecule has 5 heteroatoms. The van der Waals surface area contributed by atoms with Crippen molar-refractivity contribution in [3.63, 3.8) is 0 Å². The molecule has 1 saturated heterocycles. The first-order chi connectivity index (χ1) is 8.06. The van der Waals surface area contributed by atoms with E-state index < -0.39 is 0 Å². The monoisotopic (exact) mass is 234 g/mol. The molecule has 1 aliphatic rings. The molecule has 17 heavy (non-hydrogen) atoms. The Balaban J connectivity index is 2.14. The molecule has 1 aliphatic heterocycles. The molecule has 92 valence electrons. The van der Waals surface area contributed by atoms with Crippen molar-refractivity contribution in [2.24, 2.45) is 11.8 Å². The molecule has 1 fully saturated rings. The lowest BCUT2D eigenvalue weighted by Crippen LogP contribution is -2.42. The van der Waals surface area contributed by atoms with Crippen LogP contribution in [-0.4, -0.2) is 33.9 Å². The van der Waals surface area contributed by atoms with Crippen molar-refractivity contribution < 1.29 is 4.79 Å². The van der Waals surface area contributed by atoms with Gasteiger partial charge in [-0.1, -0.05) is 13.8 Å². The first-order valence-corrected chi connectivity index (χ1v) is 5.93. The van der Waals surface area contributed by atoms with Gasteiger partial charge in [0, 0.05) is 13.1 Å². The Kier molecular flexibility index (Phi) is 3.26. The molecule has 0 radical (unpaired) electrons. The number of aromatic nitrogens is 2. The number of nitrogen functional groups attached to an aromatic ring is 1. The van der Waals surface area contributed by atoms with Gasteiger partial charge in [0.25, 0.3) is 5.91 Å². The molecule has 1 aromatic heterocycles. The Morgan fingerprint density at radius 1 is 1.35 bits per heavy atom. The fourth-order valence-corrected chi connectivity index (χ4v) is 2.47. The van der Waals surface area contributed by atoms with Gasteiger partial charge in [0.1, 0.15) is 11.5 Å². The molecule has 2 rings (SSSR count). The molecule has 1 aromatic rings. The van der Waals surface area contributed by atoms with E-state index in [2.05, 4.69) is 23.8 Å². The van der Waals surface area contributed by atoms with Crippen molar-refractivity contribution in [2.45, 2.75) is 20.3 Å². The van der Waals surface area contributed by atoms with Gasteiger partial charge in [-0.25, -0.2) is 4.98 Å². The Hall–Kier alpha value is -1.65. The molecule has 5 nitrogen and oxygen atoms in total. The van der Waals surface area contributed by atoms with Gasteiger partial charge in [-0.3, -0.25) is 9.78 Å². The molecule has 0 aromatic carbocycles. The fraction of sp³-hybridized carbons (Fsp3) is 0.583. The minimum atomic E-state index is -0.0665. The summed E-state index contributed by atoms with van der Waals surface area (Å²) in [4.78, 5) is 22.0. The summed E-state index contributed by atoms with van der Waals surface area (Å²) in [5.74, 6) is 1.30. The molecule has 2 N–H and O–H groups in total. The number of piperidine rings is 1. The lowest BCUT2D eigenvalue weighted by Gasteiger charge is -2.34. The van der Waals surface area contributed by atoms with Gasteiger partial charge in [0.2, 0.25) is 0 Å². The predicted molar refractivity (Wildman–Crippen MR) is 65.3 cm³/mol. The number of hydrogen-bond acceptors (Lipinski definition) is 4. The number of likely N-dealkylation sites (tertiary alicyclic amines) is 1. The number of rotatable bonds is 1. The van der Waals surface area contributed by atoms with Crippen molar-refractivity contribution in [3.05, 3.63) is 18.1 Å². The van der Waals surface area contributed by atoms with E-state index in [0.29, 0.717) is 17.5 Å². The molecule has 0 aliphatic carbocycles. The van der Waals surface area contributed by atoms with Crippen molar-refractivity contribution >= 4 is 11.7 Å². The van der Waals surface area contributed by atoms with E-state index >= 15 is 0 Å². The SMILES string of the molecule is CC1CC(C)CN(C(=O)c2cncc(N)n2)C1. The number of hydrogen-bond donors (Lipinski definition) is 1. The molecular formula is C12H18N4O. The van der Waals surface area contributed by atoms with Gasteiger partial charge in [0.15, 0.2) is 0 Å². The molecule has 0 bridgehead atoms. The topological polar surface area (TPSA) is 72.1 Å². The highest BCUT2D eigenvalue weighted by Gasteiger charge is 2.26. The zero-order chi connectivity index (χ0) is 12.4. The van der Waals surface area contributed by atoms with E-state index in [1.54, 1.807) is 0 Å². The van der Waals surface area contributed by atoms with Gasteiger partial charge >= 0.3 is 0 Å². The van der Waals surface area contributed by atoms with Crippen molar-refractivity contribution in [1.82, 2.24) is 14.9 Å². The predicted octanol–water partition coefficient (Wildman–Crippen LogP) is 1.18. The average Bonchev–Trinajstić information content (AvgIpc) is 2.26. The molecule has 2 atom stereocenters. The van der Waals surface area contributed by atoms with Gasteiger partial charge in [-0.2, -0.15) is 0 Å². The van der Waals surface area contributed by atoms with Crippen LogP contribution < -0.4 is 5.73 Å². The first-order valence-electron chi connectivity index (χ1n) is 5.93. The third kappa shape index (κ3) is 2.72. The standard InChI is InChI=1S/C12H18N4O/c1-8-3-9(2)7-16(6-8)12(17)10-4-14-5-11(13)15-10/h4-5,8-9H,3,6-7H2,1-2H3,(H2,13,15). The van der Waals surface area contributed by atoms with Gasteiger partial charge in [-0.15, -0.1) is 0 Å². The lowest BCUT2D eigenvalue weighted by molar-refractivity contribution is 0.0617. The normalized spacial score (nSPS) is 24.7. The van der Waals surface area contributed by atoms with Gasteiger partial charge in [-0.05, 0) is 18.3 Å². The highest BCUT2D eigenvalue weighted by Crippen LogP contribution is 2.22. The molecule has 0 spiro atoms. The summed E-state index contributed by atoms with van der Waals surface area (Å²) in [6.45, 7) is 5.92.